The number of aromatic nitrogens is 3. The van der Waals surface area contributed by atoms with E-state index in [9.17, 15) is 13.2 Å². The summed E-state index contributed by atoms with van der Waals surface area (Å²) in [4.78, 5) is 4.16. The highest BCUT2D eigenvalue weighted by atomic mass is 19.4. The fourth-order valence-corrected chi connectivity index (χ4v) is 2.30. The minimum atomic E-state index is -4.46. The number of para-hydroxylation sites is 1. The van der Waals surface area contributed by atoms with Crippen LogP contribution in [-0.4, -0.2) is 15.2 Å². The summed E-state index contributed by atoms with van der Waals surface area (Å²) in [6.45, 7) is 2.47. The largest absolute Gasteiger partial charge is 0.418 e. The molecule has 26 heavy (non-hydrogen) atoms. The molecule has 0 bridgehead atoms. The van der Waals surface area contributed by atoms with Gasteiger partial charge in [0, 0.05) is 6.54 Å². The lowest BCUT2D eigenvalue weighted by molar-refractivity contribution is -0.136. The van der Waals surface area contributed by atoms with E-state index in [4.69, 9.17) is 0 Å². The van der Waals surface area contributed by atoms with Gasteiger partial charge in [0.1, 0.15) is 0 Å². The highest BCUT2D eigenvalue weighted by Gasteiger charge is 2.33. The normalized spacial score (nSPS) is 11.2. The van der Waals surface area contributed by atoms with Crippen molar-refractivity contribution in [2.75, 3.05) is 10.6 Å². The molecule has 0 aliphatic rings. The Morgan fingerprint density at radius 2 is 1.73 bits per heavy atom. The number of hydrogen-bond donors (Lipinski definition) is 2. The van der Waals surface area contributed by atoms with Crippen LogP contribution in [0, 0.1) is 6.92 Å². The third-order valence-corrected chi connectivity index (χ3v) is 3.63. The van der Waals surface area contributed by atoms with Crippen LogP contribution < -0.4 is 10.6 Å². The van der Waals surface area contributed by atoms with Gasteiger partial charge in [-0.2, -0.15) is 23.3 Å². The fraction of sp³-hybridized carbons (Fsp3) is 0.167. The van der Waals surface area contributed by atoms with Gasteiger partial charge in [0.25, 0.3) is 0 Å². The number of halogens is 3. The van der Waals surface area contributed by atoms with E-state index in [1.165, 1.54) is 24.4 Å². The first-order valence-electron chi connectivity index (χ1n) is 7.84. The Morgan fingerprint density at radius 3 is 2.46 bits per heavy atom. The van der Waals surface area contributed by atoms with Gasteiger partial charge in [0.2, 0.25) is 5.95 Å². The summed E-state index contributed by atoms with van der Waals surface area (Å²) in [5.74, 6) is 0.392. The van der Waals surface area contributed by atoms with Gasteiger partial charge in [-0.3, -0.25) is 0 Å². The van der Waals surface area contributed by atoms with Crippen LogP contribution in [0.25, 0.3) is 0 Å². The second-order valence-corrected chi connectivity index (χ2v) is 5.67. The first kappa shape index (κ1) is 17.7. The Morgan fingerprint density at radius 1 is 1.00 bits per heavy atom. The van der Waals surface area contributed by atoms with Crippen LogP contribution in [-0.2, 0) is 12.7 Å². The lowest BCUT2D eigenvalue weighted by atomic mass is 10.1. The first-order chi connectivity index (χ1) is 12.4. The van der Waals surface area contributed by atoms with Crippen molar-refractivity contribution < 1.29 is 13.2 Å². The molecule has 134 valence electrons. The van der Waals surface area contributed by atoms with Gasteiger partial charge >= 0.3 is 6.18 Å². The molecule has 3 aromatic rings. The van der Waals surface area contributed by atoms with Crippen molar-refractivity contribution >= 4 is 17.5 Å². The van der Waals surface area contributed by atoms with Crippen LogP contribution in [0.5, 0.6) is 0 Å². The predicted octanol–water partition coefficient (Wildman–Crippen LogP) is 4.55. The zero-order valence-electron chi connectivity index (χ0n) is 13.9. The van der Waals surface area contributed by atoms with Crippen molar-refractivity contribution in [2.24, 2.45) is 0 Å². The van der Waals surface area contributed by atoms with E-state index in [1.807, 2.05) is 31.2 Å². The Labute approximate surface area is 148 Å². The standard InChI is InChI=1S/C18H16F3N5/c1-12-6-8-13(9-7-12)10-22-17-25-16(11-23-26-17)24-15-5-3-2-4-14(15)18(19,20)21/h2-9,11H,10H2,1H3,(H2,22,24,25,26). The maximum Gasteiger partial charge on any atom is 0.418 e. The van der Waals surface area contributed by atoms with E-state index in [0.717, 1.165) is 17.2 Å². The molecule has 0 saturated carbocycles. The predicted molar refractivity (Wildman–Crippen MR) is 93.1 cm³/mol. The summed E-state index contributed by atoms with van der Waals surface area (Å²) < 4.78 is 39.2. The van der Waals surface area contributed by atoms with Crippen molar-refractivity contribution in [3.63, 3.8) is 0 Å². The molecular formula is C18H16F3N5. The van der Waals surface area contributed by atoms with E-state index in [0.29, 0.717) is 6.54 Å². The molecule has 0 atom stereocenters. The van der Waals surface area contributed by atoms with Crippen LogP contribution in [0.3, 0.4) is 0 Å². The Kier molecular flexibility index (Phi) is 5.01. The SMILES string of the molecule is Cc1ccc(CNc2nncc(Nc3ccccc3C(F)(F)F)n2)cc1. The maximum atomic E-state index is 13.1. The number of alkyl halides is 3. The van der Waals surface area contributed by atoms with Crippen LogP contribution >= 0.6 is 0 Å². The third-order valence-electron chi connectivity index (χ3n) is 3.63. The number of hydrogen-bond acceptors (Lipinski definition) is 5. The van der Waals surface area contributed by atoms with Crippen molar-refractivity contribution in [1.29, 1.82) is 0 Å². The van der Waals surface area contributed by atoms with E-state index >= 15 is 0 Å². The number of nitrogens with one attached hydrogen (secondary N) is 2. The molecule has 5 nitrogen and oxygen atoms in total. The van der Waals surface area contributed by atoms with Gasteiger partial charge in [0.15, 0.2) is 5.82 Å². The summed E-state index contributed by atoms with van der Waals surface area (Å²) in [6, 6.07) is 13.1. The lowest BCUT2D eigenvalue weighted by Gasteiger charge is -2.14. The van der Waals surface area contributed by atoms with Gasteiger partial charge in [-0.05, 0) is 24.6 Å². The topological polar surface area (TPSA) is 62.7 Å². The average molecular weight is 359 g/mol. The number of benzene rings is 2. The third kappa shape index (κ3) is 4.47. The van der Waals surface area contributed by atoms with Crippen molar-refractivity contribution in [1.82, 2.24) is 15.2 Å². The minimum absolute atomic E-state index is 0.0926. The molecule has 0 fully saturated rings. The summed E-state index contributed by atoms with van der Waals surface area (Å²) >= 11 is 0. The van der Waals surface area contributed by atoms with E-state index in [-0.39, 0.29) is 17.5 Å². The van der Waals surface area contributed by atoms with Crippen molar-refractivity contribution in [3.05, 3.63) is 71.4 Å². The Bertz CT molecular complexity index is 878. The van der Waals surface area contributed by atoms with E-state index in [2.05, 4.69) is 25.8 Å². The monoisotopic (exact) mass is 359 g/mol. The fourth-order valence-electron chi connectivity index (χ4n) is 2.30. The van der Waals surface area contributed by atoms with Gasteiger partial charge in [-0.1, -0.05) is 42.0 Å². The van der Waals surface area contributed by atoms with Crippen LogP contribution in [0.15, 0.2) is 54.7 Å². The molecule has 1 aromatic heterocycles. The summed E-state index contributed by atoms with van der Waals surface area (Å²) in [5, 5.41) is 13.3. The Hall–Kier alpha value is -3.16. The quantitative estimate of drug-likeness (QED) is 0.699. The average Bonchev–Trinajstić information content (AvgIpc) is 2.61. The zero-order valence-corrected chi connectivity index (χ0v) is 13.9. The first-order valence-corrected chi connectivity index (χ1v) is 7.84. The van der Waals surface area contributed by atoms with Crippen LogP contribution in [0.1, 0.15) is 16.7 Å². The molecule has 2 aromatic carbocycles. The summed E-state index contributed by atoms with van der Waals surface area (Å²) in [7, 11) is 0. The number of nitrogens with zero attached hydrogens (tertiary/aromatic N) is 3. The maximum absolute atomic E-state index is 13.1. The van der Waals surface area contributed by atoms with Gasteiger partial charge < -0.3 is 10.6 Å². The second kappa shape index (κ2) is 7.38. The highest BCUT2D eigenvalue weighted by Crippen LogP contribution is 2.35. The molecule has 8 heteroatoms. The molecule has 0 unspecified atom stereocenters. The highest BCUT2D eigenvalue weighted by molar-refractivity contribution is 5.61. The van der Waals surface area contributed by atoms with Crippen LogP contribution in [0.2, 0.25) is 0 Å². The molecular weight excluding hydrogens is 343 g/mol. The molecule has 0 radical (unpaired) electrons. The van der Waals surface area contributed by atoms with Gasteiger partial charge in [-0.25, -0.2) is 0 Å². The molecule has 0 aliphatic carbocycles. The lowest BCUT2D eigenvalue weighted by Crippen LogP contribution is -2.10. The molecule has 0 amide bonds. The van der Waals surface area contributed by atoms with Crippen LogP contribution in [0.4, 0.5) is 30.6 Å². The number of anilines is 3. The van der Waals surface area contributed by atoms with Crippen molar-refractivity contribution in [2.45, 2.75) is 19.6 Å². The molecule has 2 N–H and O–H groups in total. The molecule has 0 saturated heterocycles. The van der Waals surface area contributed by atoms with Gasteiger partial charge in [-0.15, -0.1) is 5.10 Å². The molecule has 0 spiro atoms. The molecule has 3 rings (SSSR count). The minimum Gasteiger partial charge on any atom is -0.349 e. The molecule has 1 heterocycles. The van der Waals surface area contributed by atoms with Gasteiger partial charge in [0.05, 0.1) is 17.4 Å². The summed E-state index contributed by atoms with van der Waals surface area (Å²) in [6.07, 6.45) is -3.19. The second-order valence-electron chi connectivity index (χ2n) is 5.67. The number of rotatable bonds is 5. The number of aryl methyl sites for hydroxylation is 1. The smallest absolute Gasteiger partial charge is 0.349 e. The zero-order chi connectivity index (χ0) is 18.6. The summed E-state index contributed by atoms with van der Waals surface area (Å²) in [5.41, 5.74) is 1.32. The van der Waals surface area contributed by atoms with E-state index < -0.39 is 11.7 Å². The Balaban J connectivity index is 1.73. The molecule has 0 aliphatic heterocycles. The van der Waals surface area contributed by atoms with E-state index in [1.54, 1.807) is 0 Å². The van der Waals surface area contributed by atoms with Crippen molar-refractivity contribution in [3.8, 4) is 0 Å².